The van der Waals surface area contributed by atoms with Crippen LogP contribution in [-0.2, 0) is 13.0 Å². The van der Waals surface area contributed by atoms with Gasteiger partial charge >= 0.3 is 0 Å². The van der Waals surface area contributed by atoms with Gasteiger partial charge < -0.3 is 9.14 Å². The summed E-state index contributed by atoms with van der Waals surface area (Å²) in [6, 6.07) is 21.5. The molecule has 0 aliphatic carbocycles. The van der Waals surface area contributed by atoms with E-state index in [2.05, 4.69) is 0 Å². The molecule has 2 aromatic carbocycles. The molecule has 0 fully saturated rings. The van der Waals surface area contributed by atoms with Gasteiger partial charge in [-0.1, -0.05) is 49.4 Å². The van der Waals surface area contributed by atoms with Gasteiger partial charge in [0.1, 0.15) is 17.9 Å². The van der Waals surface area contributed by atoms with Gasteiger partial charge in [-0.3, -0.25) is 14.9 Å². The van der Waals surface area contributed by atoms with Crippen molar-refractivity contribution in [3.05, 3.63) is 111 Å². The first kappa shape index (κ1) is 19.4. The monoisotopic (exact) mass is 400 g/mol. The molecule has 2 aromatic heterocycles. The Kier molecular flexibility index (Phi) is 5.30. The summed E-state index contributed by atoms with van der Waals surface area (Å²) in [6.07, 6.45) is 2.40. The lowest BCUT2D eigenvalue weighted by molar-refractivity contribution is -0.385. The average Bonchev–Trinajstić information content (AvgIpc) is 3.17. The molecule has 0 N–H and O–H groups in total. The van der Waals surface area contributed by atoms with Crippen molar-refractivity contribution in [3.8, 4) is 5.75 Å². The van der Waals surface area contributed by atoms with Crippen LogP contribution in [0.3, 0.4) is 0 Å². The number of aromatic nitrogens is 1. The fourth-order valence-electron chi connectivity index (χ4n) is 3.56. The minimum absolute atomic E-state index is 0.0767. The van der Waals surface area contributed by atoms with E-state index >= 15 is 0 Å². The molecule has 0 saturated heterocycles. The van der Waals surface area contributed by atoms with Crippen molar-refractivity contribution in [1.29, 1.82) is 0 Å². The summed E-state index contributed by atoms with van der Waals surface area (Å²) >= 11 is 0. The van der Waals surface area contributed by atoms with Crippen molar-refractivity contribution in [2.45, 2.75) is 20.0 Å². The smallest absolute Gasteiger partial charge is 0.280 e. The molecule has 0 aliphatic rings. The third kappa shape index (κ3) is 3.55. The van der Waals surface area contributed by atoms with Crippen LogP contribution in [0.25, 0.3) is 5.52 Å². The number of para-hydroxylation sites is 1. The van der Waals surface area contributed by atoms with E-state index in [1.54, 1.807) is 22.7 Å². The van der Waals surface area contributed by atoms with E-state index in [-0.39, 0.29) is 17.0 Å². The molecule has 0 spiro atoms. The van der Waals surface area contributed by atoms with E-state index in [1.807, 2.05) is 55.5 Å². The number of hydrogen-bond donors (Lipinski definition) is 0. The number of nitro benzene ring substituents is 1. The molecule has 0 atom stereocenters. The maximum atomic E-state index is 13.4. The molecule has 0 unspecified atom stereocenters. The molecule has 30 heavy (non-hydrogen) atoms. The molecule has 0 bridgehead atoms. The van der Waals surface area contributed by atoms with Gasteiger partial charge in [0, 0.05) is 12.3 Å². The Morgan fingerprint density at radius 2 is 1.77 bits per heavy atom. The zero-order valence-corrected chi connectivity index (χ0v) is 16.4. The van der Waals surface area contributed by atoms with Crippen LogP contribution in [0.2, 0.25) is 0 Å². The minimum atomic E-state index is -0.525. The number of nitrogens with zero attached hydrogens (tertiary/aromatic N) is 2. The predicted molar refractivity (Wildman–Crippen MR) is 114 cm³/mol. The van der Waals surface area contributed by atoms with Crippen LogP contribution in [0.15, 0.2) is 79.0 Å². The Morgan fingerprint density at radius 3 is 2.50 bits per heavy atom. The van der Waals surface area contributed by atoms with E-state index in [4.69, 9.17) is 4.74 Å². The second-order valence-corrected chi connectivity index (χ2v) is 6.88. The Labute approximate surface area is 173 Å². The Bertz CT molecular complexity index is 1230. The first-order chi connectivity index (χ1) is 14.6. The molecule has 6 heteroatoms. The van der Waals surface area contributed by atoms with E-state index < -0.39 is 4.92 Å². The second kappa shape index (κ2) is 8.21. The number of benzene rings is 2. The van der Waals surface area contributed by atoms with Crippen molar-refractivity contribution in [3.63, 3.8) is 0 Å². The maximum absolute atomic E-state index is 13.4. The molecule has 0 saturated carbocycles. The standard InChI is InChI=1S/C24H20N2O4/c1-2-18-15-21-22(30-16-17-9-4-3-5-10-17)13-8-14-25(21)23(18)24(27)19-11-6-7-12-20(19)26(28)29/h3-15H,2,16H2,1H3. The average molecular weight is 400 g/mol. The summed E-state index contributed by atoms with van der Waals surface area (Å²) in [5.41, 5.74) is 2.91. The van der Waals surface area contributed by atoms with Crippen LogP contribution >= 0.6 is 0 Å². The number of nitro groups is 1. The van der Waals surface area contributed by atoms with Gasteiger partial charge in [-0.05, 0) is 41.8 Å². The van der Waals surface area contributed by atoms with Crippen LogP contribution in [0, 0.1) is 10.1 Å². The lowest BCUT2D eigenvalue weighted by atomic mass is 10.0. The van der Waals surface area contributed by atoms with Crippen LogP contribution in [0.1, 0.15) is 34.1 Å². The lowest BCUT2D eigenvalue weighted by Gasteiger charge is -2.10. The Morgan fingerprint density at radius 1 is 1.03 bits per heavy atom. The zero-order chi connectivity index (χ0) is 21.1. The second-order valence-electron chi connectivity index (χ2n) is 6.88. The largest absolute Gasteiger partial charge is 0.487 e. The van der Waals surface area contributed by atoms with Crippen LogP contribution in [0.4, 0.5) is 5.69 Å². The fourth-order valence-corrected chi connectivity index (χ4v) is 3.56. The van der Waals surface area contributed by atoms with Gasteiger partial charge in [0.25, 0.3) is 5.69 Å². The number of aryl methyl sites for hydroxylation is 1. The van der Waals surface area contributed by atoms with Gasteiger partial charge in [-0.15, -0.1) is 0 Å². The highest BCUT2D eigenvalue weighted by Gasteiger charge is 2.25. The summed E-state index contributed by atoms with van der Waals surface area (Å²) in [4.78, 5) is 24.2. The van der Waals surface area contributed by atoms with Crippen LogP contribution in [-0.4, -0.2) is 15.1 Å². The maximum Gasteiger partial charge on any atom is 0.280 e. The zero-order valence-electron chi connectivity index (χ0n) is 16.4. The molecule has 6 nitrogen and oxygen atoms in total. The van der Waals surface area contributed by atoms with Crippen molar-refractivity contribution in [2.75, 3.05) is 0 Å². The number of ether oxygens (including phenoxy) is 1. The molecular formula is C24H20N2O4. The number of carbonyl (C=O) groups excluding carboxylic acids is 1. The molecule has 0 radical (unpaired) electrons. The van der Waals surface area contributed by atoms with Gasteiger partial charge in [-0.2, -0.15) is 0 Å². The third-order valence-corrected chi connectivity index (χ3v) is 5.03. The molecule has 0 amide bonds. The third-order valence-electron chi connectivity index (χ3n) is 5.03. The molecule has 0 aliphatic heterocycles. The molecule has 150 valence electrons. The minimum Gasteiger partial charge on any atom is -0.487 e. The first-order valence-electron chi connectivity index (χ1n) is 9.68. The van der Waals surface area contributed by atoms with Gasteiger partial charge in [0.2, 0.25) is 5.78 Å². The number of ketones is 1. The summed E-state index contributed by atoms with van der Waals surface area (Å²) in [5.74, 6) is 0.275. The topological polar surface area (TPSA) is 73.8 Å². The normalized spacial score (nSPS) is 10.8. The van der Waals surface area contributed by atoms with E-state index in [0.717, 1.165) is 16.6 Å². The number of pyridine rings is 1. The molecule has 4 aromatic rings. The summed E-state index contributed by atoms with van der Waals surface area (Å²) in [6.45, 7) is 2.36. The number of hydrogen-bond acceptors (Lipinski definition) is 4. The summed E-state index contributed by atoms with van der Waals surface area (Å²) in [7, 11) is 0. The van der Waals surface area contributed by atoms with Crippen LogP contribution < -0.4 is 4.74 Å². The highest BCUT2D eigenvalue weighted by atomic mass is 16.6. The van der Waals surface area contributed by atoms with Crippen molar-refractivity contribution >= 4 is 17.0 Å². The van der Waals surface area contributed by atoms with E-state index in [1.165, 1.54) is 12.1 Å². The SMILES string of the molecule is CCc1cc2c(OCc3ccccc3)cccn2c1C(=O)c1ccccc1[N+](=O)[O-]. The first-order valence-corrected chi connectivity index (χ1v) is 9.68. The lowest BCUT2D eigenvalue weighted by Crippen LogP contribution is -2.10. The summed E-state index contributed by atoms with van der Waals surface area (Å²) in [5, 5.41) is 11.4. The van der Waals surface area contributed by atoms with Crippen molar-refractivity contribution in [1.82, 2.24) is 4.40 Å². The Hall–Kier alpha value is -3.93. The quantitative estimate of drug-likeness (QED) is 0.242. The van der Waals surface area contributed by atoms with Crippen molar-refractivity contribution in [2.24, 2.45) is 0 Å². The highest BCUT2D eigenvalue weighted by molar-refractivity contribution is 6.12. The van der Waals surface area contributed by atoms with Crippen molar-refractivity contribution < 1.29 is 14.5 Å². The molecule has 4 rings (SSSR count). The van der Waals surface area contributed by atoms with Crippen LogP contribution in [0.5, 0.6) is 5.75 Å². The van der Waals surface area contributed by atoms with Gasteiger partial charge in [-0.25, -0.2) is 0 Å². The predicted octanol–water partition coefficient (Wildman–Crippen LogP) is 5.22. The Balaban J connectivity index is 1.78. The highest BCUT2D eigenvalue weighted by Crippen LogP contribution is 2.30. The fraction of sp³-hybridized carbons (Fsp3) is 0.125. The summed E-state index contributed by atoms with van der Waals surface area (Å²) < 4.78 is 7.79. The molecular weight excluding hydrogens is 380 g/mol. The molecule has 2 heterocycles. The van der Waals surface area contributed by atoms with Gasteiger partial charge in [0.05, 0.1) is 16.1 Å². The number of carbonyl (C=O) groups is 1. The van der Waals surface area contributed by atoms with E-state index in [0.29, 0.717) is 24.5 Å². The van der Waals surface area contributed by atoms with Gasteiger partial charge in [0.15, 0.2) is 0 Å². The van der Waals surface area contributed by atoms with E-state index in [9.17, 15) is 14.9 Å². The number of fused-ring (bicyclic) bond motifs is 1. The number of rotatable bonds is 7.